The maximum absolute atomic E-state index is 11.9. The monoisotopic (exact) mass is 384 g/mol. The van der Waals surface area contributed by atoms with Crippen molar-refractivity contribution in [2.24, 2.45) is 5.92 Å². The van der Waals surface area contributed by atoms with Gasteiger partial charge in [0, 0.05) is 17.5 Å². The molecule has 1 N–H and O–H groups in total. The van der Waals surface area contributed by atoms with Crippen molar-refractivity contribution in [3.63, 3.8) is 0 Å². The van der Waals surface area contributed by atoms with Crippen molar-refractivity contribution in [3.8, 4) is 11.8 Å². The van der Waals surface area contributed by atoms with Crippen LogP contribution in [-0.4, -0.2) is 30.6 Å². The number of esters is 1. The quantitative estimate of drug-likeness (QED) is 0.571. The molecule has 1 aliphatic rings. The second kappa shape index (κ2) is 7.72. The van der Waals surface area contributed by atoms with Gasteiger partial charge in [-0.15, -0.1) is 0 Å². The molecule has 1 aliphatic carbocycles. The first-order valence-corrected chi connectivity index (χ1v) is 8.86. The molecule has 1 aromatic carbocycles. The number of hydrogen-bond donors (Lipinski definition) is 1. The van der Waals surface area contributed by atoms with E-state index >= 15 is 0 Å². The van der Waals surface area contributed by atoms with E-state index in [2.05, 4.69) is 11.4 Å². The summed E-state index contributed by atoms with van der Waals surface area (Å²) >= 11 is 0. The highest BCUT2D eigenvalue weighted by Crippen LogP contribution is 2.39. The van der Waals surface area contributed by atoms with Crippen LogP contribution >= 0.6 is 0 Å². The molecule has 1 aromatic heterocycles. The Labute approximate surface area is 161 Å². The van der Waals surface area contributed by atoms with E-state index in [9.17, 15) is 19.6 Å². The second-order valence-corrected chi connectivity index (χ2v) is 6.99. The number of nitrogens with zero attached hydrogens (tertiary/aromatic N) is 1. The van der Waals surface area contributed by atoms with Crippen LogP contribution in [0.15, 0.2) is 33.5 Å². The zero-order valence-electron chi connectivity index (χ0n) is 15.6. The van der Waals surface area contributed by atoms with Gasteiger partial charge in [0.1, 0.15) is 16.9 Å². The van der Waals surface area contributed by atoms with Gasteiger partial charge in [0.15, 0.2) is 13.2 Å². The van der Waals surface area contributed by atoms with Gasteiger partial charge >= 0.3 is 11.6 Å². The Morgan fingerprint density at radius 2 is 2.07 bits per heavy atom. The summed E-state index contributed by atoms with van der Waals surface area (Å²) in [5, 5.41) is 12.6. The summed E-state index contributed by atoms with van der Waals surface area (Å²) in [6.07, 6.45) is 1.78. The molecule has 0 unspecified atom stereocenters. The van der Waals surface area contributed by atoms with E-state index in [1.165, 1.54) is 12.1 Å². The largest absolute Gasteiger partial charge is 0.482 e. The number of nitrogens with one attached hydrogen (secondary N) is 1. The van der Waals surface area contributed by atoms with Gasteiger partial charge in [-0.05, 0) is 50.3 Å². The van der Waals surface area contributed by atoms with E-state index in [1.54, 1.807) is 26.0 Å². The van der Waals surface area contributed by atoms with Gasteiger partial charge < -0.3 is 19.2 Å². The molecule has 1 atom stereocenters. The Hall–Kier alpha value is -3.34. The molecular formula is C20H20N2O6. The van der Waals surface area contributed by atoms with Gasteiger partial charge in [-0.1, -0.05) is 0 Å². The molecule has 3 rings (SSSR count). The molecular weight excluding hydrogens is 364 g/mol. The number of amides is 1. The summed E-state index contributed by atoms with van der Waals surface area (Å²) in [6.45, 7) is 2.56. The van der Waals surface area contributed by atoms with Gasteiger partial charge in [0.05, 0.1) is 6.07 Å². The number of hydrogen-bond acceptors (Lipinski definition) is 7. The summed E-state index contributed by atoms with van der Waals surface area (Å²) < 4.78 is 15.3. The van der Waals surface area contributed by atoms with Gasteiger partial charge in [0.2, 0.25) is 0 Å². The van der Waals surface area contributed by atoms with Crippen LogP contribution < -0.4 is 15.7 Å². The van der Waals surface area contributed by atoms with Crippen LogP contribution in [0.25, 0.3) is 11.0 Å². The molecule has 1 heterocycles. The highest BCUT2D eigenvalue weighted by atomic mass is 16.6. The lowest BCUT2D eigenvalue weighted by Crippen LogP contribution is -2.48. The molecule has 8 heteroatoms. The van der Waals surface area contributed by atoms with E-state index < -0.39 is 36.3 Å². The first kappa shape index (κ1) is 19.4. The highest BCUT2D eigenvalue weighted by Gasteiger charge is 2.43. The van der Waals surface area contributed by atoms with E-state index in [-0.39, 0.29) is 5.92 Å². The van der Waals surface area contributed by atoms with Crippen LogP contribution in [0.5, 0.6) is 5.75 Å². The van der Waals surface area contributed by atoms with Crippen LogP contribution in [0.3, 0.4) is 0 Å². The van der Waals surface area contributed by atoms with Crippen molar-refractivity contribution in [3.05, 3.63) is 40.2 Å². The second-order valence-electron chi connectivity index (χ2n) is 6.99. The van der Waals surface area contributed by atoms with Gasteiger partial charge in [-0.3, -0.25) is 4.79 Å². The summed E-state index contributed by atoms with van der Waals surface area (Å²) in [6, 6.07) is 8.37. The van der Waals surface area contributed by atoms with E-state index in [0.29, 0.717) is 11.3 Å². The fourth-order valence-electron chi connectivity index (χ4n) is 2.93. The smallest absolute Gasteiger partial charge is 0.344 e. The van der Waals surface area contributed by atoms with E-state index in [4.69, 9.17) is 13.9 Å². The number of aryl methyl sites for hydroxylation is 1. The van der Waals surface area contributed by atoms with Crippen molar-refractivity contribution < 1.29 is 23.5 Å². The Kier molecular flexibility index (Phi) is 5.36. The summed E-state index contributed by atoms with van der Waals surface area (Å²) in [5.41, 5.74) is -0.277. The lowest BCUT2D eigenvalue weighted by atomic mass is 9.98. The third-order valence-electron chi connectivity index (χ3n) is 4.67. The number of carbonyl (C=O) groups excluding carboxylic acids is 2. The summed E-state index contributed by atoms with van der Waals surface area (Å²) in [4.78, 5) is 35.2. The van der Waals surface area contributed by atoms with Crippen LogP contribution in [0.1, 0.15) is 25.3 Å². The van der Waals surface area contributed by atoms with Gasteiger partial charge in [0.25, 0.3) is 5.91 Å². The zero-order valence-corrected chi connectivity index (χ0v) is 15.6. The van der Waals surface area contributed by atoms with Crippen LogP contribution in [0.4, 0.5) is 0 Å². The lowest BCUT2D eigenvalue weighted by Gasteiger charge is -2.22. The number of ether oxygens (including phenoxy) is 2. The average Bonchev–Trinajstić information content (AvgIpc) is 3.50. The fourth-order valence-corrected chi connectivity index (χ4v) is 2.93. The van der Waals surface area contributed by atoms with Crippen molar-refractivity contribution in [2.45, 2.75) is 32.2 Å². The number of carbonyl (C=O) groups is 2. The lowest BCUT2D eigenvalue weighted by molar-refractivity contribution is -0.150. The molecule has 0 saturated heterocycles. The van der Waals surface area contributed by atoms with Crippen LogP contribution in [0.2, 0.25) is 0 Å². The predicted octanol–water partition coefficient (Wildman–Crippen LogP) is 1.83. The van der Waals surface area contributed by atoms with E-state index in [1.807, 2.05) is 0 Å². The maximum Gasteiger partial charge on any atom is 0.344 e. The molecule has 1 amide bonds. The minimum Gasteiger partial charge on any atom is -0.482 e. The molecule has 8 nitrogen and oxygen atoms in total. The molecule has 1 fully saturated rings. The molecule has 0 radical (unpaired) electrons. The Bertz CT molecular complexity index is 1020. The van der Waals surface area contributed by atoms with E-state index in [0.717, 1.165) is 23.8 Å². The van der Waals surface area contributed by atoms with Crippen molar-refractivity contribution in [1.82, 2.24) is 5.32 Å². The molecule has 0 bridgehead atoms. The zero-order chi connectivity index (χ0) is 20.3. The van der Waals surface area contributed by atoms with Crippen molar-refractivity contribution in [2.75, 3.05) is 13.2 Å². The molecule has 0 spiro atoms. The number of nitriles is 1. The van der Waals surface area contributed by atoms with Crippen LogP contribution in [0, 0.1) is 24.2 Å². The fraction of sp³-hybridized carbons (Fsp3) is 0.400. The average molecular weight is 384 g/mol. The number of benzene rings is 1. The molecule has 28 heavy (non-hydrogen) atoms. The summed E-state index contributed by atoms with van der Waals surface area (Å²) in [7, 11) is 0. The summed E-state index contributed by atoms with van der Waals surface area (Å²) in [5.74, 6) is -0.802. The number of rotatable bonds is 7. The standard InChI is InChI=1S/C20H20N2O6/c1-12-7-18(24)28-16-8-14(5-6-15(12)16)26-10-19(25)27-9-17(23)22-20(2,11-21)13-3-4-13/h5-8,13H,3-4,9-10H2,1-2H3,(H,22,23)/t20-/m1/s1. The first-order valence-electron chi connectivity index (χ1n) is 8.86. The van der Waals surface area contributed by atoms with Crippen molar-refractivity contribution >= 4 is 22.8 Å². The van der Waals surface area contributed by atoms with Gasteiger partial charge in [-0.25, -0.2) is 9.59 Å². The normalized spacial score (nSPS) is 15.3. The van der Waals surface area contributed by atoms with Crippen LogP contribution in [-0.2, 0) is 14.3 Å². The Morgan fingerprint density at radius 1 is 1.32 bits per heavy atom. The Balaban J connectivity index is 1.50. The molecule has 0 aliphatic heterocycles. The SMILES string of the molecule is Cc1cc(=O)oc2cc(OCC(=O)OCC(=O)N[C@](C)(C#N)C3CC3)ccc12. The Morgan fingerprint density at radius 3 is 2.75 bits per heavy atom. The molecule has 1 saturated carbocycles. The maximum atomic E-state index is 11.9. The minimum atomic E-state index is -0.937. The highest BCUT2D eigenvalue weighted by molar-refractivity contribution is 5.82. The predicted molar refractivity (Wildman–Crippen MR) is 98.6 cm³/mol. The number of fused-ring (bicyclic) bond motifs is 1. The molecule has 2 aromatic rings. The minimum absolute atomic E-state index is 0.136. The topological polar surface area (TPSA) is 119 Å². The third-order valence-corrected chi connectivity index (χ3v) is 4.67. The third kappa shape index (κ3) is 4.49. The van der Waals surface area contributed by atoms with Gasteiger partial charge in [-0.2, -0.15) is 5.26 Å². The van der Waals surface area contributed by atoms with Crippen molar-refractivity contribution in [1.29, 1.82) is 5.26 Å². The molecule has 146 valence electrons. The first-order chi connectivity index (χ1) is 13.3.